The van der Waals surface area contributed by atoms with Crippen LogP contribution in [0.2, 0.25) is 5.02 Å². The fourth-order valence-electron chi connectivity index (χ4n) is 4.42. The van der Waals surface area contributed by atoms with Crippen LogP contribution in [0.25, 0.3) is 11.1 Å². The van der Waals surface area contributed by atoms with Gasteiger partial charge in [-0.05, 0) is 78.6 Å². The van der Waals surface area contributed by atoms with E-state index in [4.69, 9.17) is 17.3 Å². The number of aliphatic hydroxyl groups is 2. The number of nitrogen functional groups attached to an aromatic ring is 1. The number of halogens is 2. The van der Waals surface area contributed by atoms with Crippen LogP contribution >= 0.6 is 11.6 Å². The van der Waals surface area contributed by atoms with Gasteiger partial charge in [0.15, 0.2) is 0 Å². The predicted molar refractivity (Wildman–Crippen MR) is 130 cm³/mol. The van der Waals surface area contributed by atoms with Gasteiger partial charge in [-0.2, -0.15) is 0 Å². The molecule has 4 rings (SSSR count). The maximum Gasteiger partial charge on any atom is 0.254 e. The number of anilines is 1. The normalized spacial score (nSPS) is 18.9. The molecule has 6 nitrogen and oxygen atoms in total. The highest BCUT2D eigenvalue weighted by molar-refractivity contribution is 6.30. The van der Waals surface area contributed by atoms with Crippen molar-refractivity contribution in [2.45, 2.75) is 43.7 Å². The first-order chi connectivity index (χ1) is 16.4. The van der Waals surface area contributed by atoms with Gasteiger partial charge >= 0.3 is 0 Å². The molecule has 0 bridgehead atoms. The van der Waals surface area contributed by atoms with Crippen LogP contribution in [0.3, 0.4) is 0 Å². The minimum absolute atomic E-state index is 0.145. The van der Waals surface area contributed by atoms with Crippen LogP contribution in [-0.2, 0) is 0 Å². The molecule has 0 aliphatic heterocycles. The van der Waals surface area contributed by atoms with Gasteiger partial charge < -0.3 is 21.3 Å². The van der Waals surface area contributed by atoms with E-state index in [1.807, 2.05) is 6.07 Å². The average Bonchev–Trinajstić information content (AvgIpc) is 2.83. The van der Waals surface area contributed by atoms with Crippen LogP contribution in [-0.4, -0.2) is 33.8 Å². The topological polar surface area (TPSA) is 108 Å². The molecular formula is C26H27ClFN3O3. The van der Waals surface area contributed by atoms with Crippen molar-refractivity contribution in [3.63, 3.8) is 0 Å². The maximum atomic E-state index is 15.0. The number of aliphatic hydroxyl groups excluding tert-OH is 2. The zero-order valence-electron chi connectivity index (χ0n) is 18.5. The Morgan fingerprint density at radius 3 is 2.62 bits per heavy atom. The van der Waals surface area contributed by atoms with E-state index in [2.05, 4.69) is 10.3 Å². The first-order valence-corrected chi connectivity index (χ1v) is 11.6. The van der Waals surface area contributed by atoms with Crippen LogP contribution in [0.4, 0.5) is 10.2 Å². The third kappa shape index (κ3) is 5.38. The van der Waals surface area contributed by atoms with Gasteiger partial charge in [0.25, 0.3) is 5.91 Å². The highest BCUT2D eigenvalue weighted by Gasteiger charge is 2.23. The first kappa shape index (κ1) is 24.1. The maximum absolute atomic E-state index is 15.0. The molecule has 1 saturated carbocycles. The van der Waals surface area contributed by atoms with Gasteiger partial charge in [0, 0.05) is 16.8 Å². The van der Waals surface area contributed by atoms with Crippen LogP contribution in [0.1, 0.15) is 59.1 Å². The molecule has 5 N–H and O–H groups in total. The molecule has 8 heteroatoms. The summed E-state index contributed by atoms with van der Waals surface area (Å²) in [7, 11) is 0. The third-order valence-corrected chi connectivity index (χ3v) is 6.61. The Morgan fingerprint density at radius 2 is 1.94 bits per heavy atom. The number of pyridine rings is 1. The minimum atomic E-state index is -0.726. The van der Waals surface area contributed by atoms with Crippen LogP contribution in [0.5, 0.6) is 0 Å². The predicted octanol–water partition coefficient (Wildman–Crippen LogP) is 4.61. The largest absolute Gasteiger partial charge is 0.394 e. The van der Waals surface area contributed by atoms with Crippen molar-refractivity contribution >= 4 is 23.3 Å². The Morgan fingerprint density at radius 1 is 1.18 bits per heavy atom. The van der Waals surface area contributed by atoms with Crippen LogP contribution in [0, 0.1) is 5.82 Å². The second kappa shape index (κ2) is 10.5. The third-order valence-electron chi connectivity index (χ3n) is 6.37. The second-order valence-electron chi connectivity index (χ2n) is 8.67. The number of nitrogens with zero attached hydrogens (tertiary/aromatic N) is 1. The molecule has 0 saturated heterocycles. The smallest absolute Gasteiger partial charge is 0.254 e. The molecular weight excluding hydrogens is 457 g/mol. The van der Waals surface area contributed by atoms with Crippen molar-refractivity contribution in [3.05, 3.63) is 82.3 Å². The summed E-state index contributed by atoms with van der Waals surface area (Å²) in [4.78, 5) is 17.0. The lowest BCUT2D eigenvalue weighted by Gasteiger charge is -2.26. The lowest BCUT2D eigenvalue weighted by molar-refractivity contribution is 0.0912. The van der Waals surface area contributed by atoms with Crippen molar-refractivity contribution in [1.82, 2.24) is 10.3 Å². The molecule has 1 aliphatic rings. The summed E-state index contributed by atoms with van der Waals surface area (Å²) in [5.41, 5.74) is 8.68. The van der Waals surface area contributed by atoms with Gasteiger partial charge in [-0.1, -0.05) is 29.8 Å². The van der Waals surface area contributed by atoms with Gasteiger partial charge in [0.2, 0.25) is 0 Å². The number of rotatable bonds is 6. The number of nitrogens with one attached hydrogen (secondary N) is 1. The Labute approximate surface area is 202 Å². The standard InChI is InChI=1S/C26H27ClFN3O3/c27-19-3-1-2-17(10-19)24(14-32)31-26(34)21-9-6-16(12-23(21)28)22-11-18(13-30-25(22)29)15-4-7-20(33)8-5-15/h1-3,6,9-13,15,20,24,32-33H,4-5,7-8,14H2,(H2,29,30)(H,31,34)/t15?,20?,24-/m1/s1. The van der Waals surface area contributed by atoms with Gasteiger partial charge in [-0.3, -0.25) is 4.79 Å². The number of carbonyl (C=O) groups excluding carboxylic acids is 1. The molecule has 0 radical (unpaired) electrons. The van der Waals surface area contributed by atoms with E-state index in [9.17, 15) is 15.0 Å². The van der Waals surface area contributed by atoms with E-state index >= 15 is 4.39 Å². The van der Waals surface area contributed by atoms with E-state index in [0.717, 1.165) is 31.2 Å². The Hall–Kier alpha value is -3.00. The summed E-state index contributed by atoms with van der Waals surface area (Å²) in [6.45, 7) is -0.362. The molecule has 1 aromatic heterocycles. The first-order valence-electron chi connectivity index (χ1n) is 11.3. The fourth-order valence-corrected chi connectivity index (χ4v) is 4.61. The molecule has 3 aromatic rings. The summed E-state index contributed by atoms with van der Waals surface area (Å²) in [6.07, 6.45) is 4.69. The highest BCUT2D eigenvalue weighted by Crippen LogP contribution is 2.36. The number of carbonyl (C=O) groups is 1. The molecule has 1 atom stereocenters. The molecule has 0 unspecified atom stereocenters. The van der Waals surface area contributed by atoms with E-state index in [1.54, 1.807) is 36.5 Å². The molecule has 1 amide bonds. The van der Waals surface area contributed by atoms with Crippen LogP contribution < -0.4 is 11.1 Å². The zero-order valence-corrected chi connectivity index (χ0v) is 19.3. The lowest BCUT2D eigenvalue weighted by atomic mass is 9.83. The van der Waals surface area contributed by atoms with Crippen molar-refractivity contribution in [3.8, 4) is 11.1 Å². The molecule has 0 spiro atoms. The lowest BCUT2D eigenvalue weighted by Crippen LogP contribution is -2.31. The van der Waals surface area contributed by atoms with Gasteiger partial charge in [0.05, 0.1) is 24.3 Å². The summed E-state index contributed by atoms with van der Waals surface area (Å²) >= 11 is 6.00. The Bertz CT molecular complexity index is 1180. The number of aromatic nitrogens is 1. The Kier molecular flexibility index (Phi) is 7.46. The number of nitrogens with two attached hydrogens (primary N) is 1. The number of amides is 1. The number of hydrogen-bond acceptors (Lipinski definition) is 5. The van der Waals surface area contributed by atoms with Gasteiger partial charge in [-0.25, -0.2) is 9.37 Å². The number of hydrogen-bond donors (Lipinski definition) is 4. The zero-order chi connectivity index (χ0) is 24.2. The van der Waals surface area contributed by atoms with Gasteiger partial charge in [-0.15, -0.1) is 0 Å². The van der Waals surface area contributed by atoms with E-state index in [-0.39, 0.29) is 30.0 Å². The fraction of sp³-hybridized carbons (Fsp3) is 0.308. The molecule has 1 heterocycles. The summed E-state index contributed by atoms with van der Waals surface area (Å²) < 4.78 is 15.0. The van der Waals surface area contributed by atoms with Crippen molar-refractivity contribution < 1.29 is 19.4 Å². The molecule has 2 aromatic carbocycles. The SMILES string of the molecule is Nc1ncc(C2CCC(O)CC2)cc1-c1ccc(C(=O)N[C@H](CO)c2cccc(Cl)c2)c(F)c1. The second-order valence-corrected chi connectivity index (χ2v) is 9.10. The van der Waals surface area contributed by atoms with Crippen molar-refractivity contribution in [2.24, 2.45) is 0 Å². The molecule has 1 fully saturated rings. The average molecular weight is 484 g/mol. The molecule has 178 valence electrons. The van der Waals surface area contributed by atoms with Gasteiger partial charge in [0.1, 0.15) is 11.6 Å². The molecule has 1 aliphatic carbocycles. The quantitative estimate of drug-likeness (QED) is 0.409. The van der Waals surface area contributed by atoms with E-state index in [0.29, 0.717) is 21.7 Å². The summed E-state index contributed by atoms with van der Waals surface area (Å²) in [6, 6.07) is 12.2. The Balaban J connectivity index is 1.55. The van der Waals surface area contributed by atoms with E-state index in [1.165, 1.54) is 12.1 Å². The van der Waals surface area contributed by atoms with Crippen molar-refractivity contribution in [2.75, 3.05) is 12.3 Å². The summed E-state index contributed by atoms with van der Waals surface area (Å²) in [5.74, 6) is -0.809. The molecule has 34 heavy (non-hydrogen) atoms. The van der Waals surface area contributed by atoms with E-state index < -0.39 is 17.8 Å². The van der Waals surface area contributed by atoms with Crippen molar-refractivity contribution in [1.29, 1.82) is 0 Å². The highest BCUT2D eigenvalue weighted by atomic mass is 35.5. The van der Waals surface area contributed by atoms with Crippen LogP contribution in [0.15, 0.2) is 54.7 Å². The monoisotopic (exact) mass is 483 g/mol. The minimum Gasteiger partial charge on any atom is -0.394 e. The summed E-state index contributed by atoms with van der Waals surface area (Å²) in [5, 5.41) is 22.6. The number of benzene rings is 2.